The van der Waals surface area contributed by atoms with Crippen molar-refractivity contribution in [1.29, 1.82) is 0 Å². The van der Waals surface area contributed by atoms with Gasteiger partial charge in [0, 0.05) is 10.4 Å². The number of allylic oxidation sites excluding steroid dienone is 2. The van der Waals surface area contributed by atoms with E-state index in [0.29, 0.717) is 10.8 Å². The number of carboxylic acids is 1. The Morgan fingerprint density at radius 3 is 2.89 bits per heavy atom. The molecule has 0 saturated heterocycles. The van der Waals surface area contributed by atoms with Crippen LogP contribution in [-0.2, 0) is 9.53 Å². The van der Waals surface area contributed by atoms with Gasteiger partial charge in [0.15, 0.2) is 0 Å². The van der Waals surface area contributed by atoms with Crippen molar-refractivity contribution in [2.24, 2.45) is 0 Å². The van der Waals surface area contributed by atoms with Crippen LogP contribution in [0.25, 0.3) is 17.0 Å². The van der Waals surface area contributed by atoms with Crippen LogP contribution in [0.2, 0.25) is 5.02 Å². The molecule has 19 heavy (non-hydrogen) atoms. The fourth-order valence-corrected chi connectivity index (χ4v) is 1.75. The zero-order valence-corrected chi connectivity index (χ0v) is 10.8. The highest BCUT2D eigenvalue weighted by molar-refractivity contribution is 6.31. The molecule has 0 radical (unpaired) electrons. The van der Waals surface area contributed by atoms with Gasteiger partial charge in [0.05, 0.1) is 7.11 Å². The molecule has 0 aliphatic carbocycles. The predicted octanol–water partition coefficient (Wildman–Crippen LogP) is 3.71. The fraction of sp³-hybridized carbons (Fsp3) is 0.0714. The van der Waals surface area contributed by atoms with Crippen molar-refractivity contribution < 1.29 is 19.1 Å². The van der Waals surface area contributed by atoms with Crippen molar-refractivity contribution in [2.75, 3.05) is 7.11 Å². The summed E-state index contributed by atoms with van der Waals surface area (Å²) in [5, 5.41) is 10.3. The first-order valence-corrected chi connectivity index (χ1v) is 5.82. The van der Waals surface area contributed by atoms with Crippen LogP contribution in [0.3, 0.4) is 0 Å². The zero-order valence-electron chi connectivity index (χ0n) is 10.1. The molecule has 1 heterocycles. The van der Waals surface area contributed by atoms with E-state index < -0.39 is 5.97 Å². The number of furan rings is 1. The number of fused-ring (bicyclic) bond motifs is 1. The first kappa shape index (κ1) is 13.2. The smallest absolute Gasteiger partial charge is 0.371 e. The van der Waals surface area contributed by atoms with Gasteiger partial charge in [0.25, 0.3) is 0 Å². The van der Waals surface area contributed by atoms with Crippen LogP contribution in [0.4, 0.5) is 0 Å². The lowest BCUT2D eigenvalue weighted by molar-refractivity contribution is -0.136. The van der Waals surface area contributed by atoms with Crippen LogP contribution in [0, 0.1) is 0 Å². The first-order valence-electron chi connectivity index (χ1n) is 5.45. The van der Waals surface area contributed by atoms with Crippen LogP contribution < -0.4 is 0 Å². The maximum absolute atomic E-state index is 10.7. The lowest BCUT2D eigenvalue weighted by Crippen LogP contribution is -2.01. The maximum atomic E-state index is 10.7. The molecule has 2 aromatic rings. The van der Waals surface area contributed by atoms with E-state index in [9.17, 15) is 4.79 Å². The Bertz CT molecular complexity index is 667. The maximum Gasteiger partial charge on any atom is 0.371 e. The van der Waals surface area contributed by atoms with Gasteiger partial charge in [-0.25, -0.2) is 4.79 Å². The van der Waals surface area contributed by atoms with Crippen LogP contribution in [-0.4, -0.2) is 18.2 Å². The predicted molar refractivity (Wildman–Crippen MR) is 73.0 cm³/mol. The van der Waals surface area contributed by atoms with E-state index in [4.69, 9.17) is 21.1 Å². The molecule has 1 N–H and O–H groups in total. The molecule has 0 atom stereocenters. The second-order valence-electron chi connectivity index (χ2n) is 3.73. The molecule has 1 aromatic heterocycles. The third kappa shape index (κ3) is 3.17. The van der Waals surface area contributed by atoms with Crippen molar-refractivity contribution in [1.82, 2.24) is 0 Å². The van der Waals surface area contributed by atoms with Gasteiger partial charge in [-0.1, -0.05) is 17.7 Å². The Labute approximate surface area is 114 Å². The number of hydrogen-bond donors (Lipinski definition) is 1. The number of rotatable bonds is 4. The lowest BCUT2D eigenvalue weighted by atomic mass is 10.2. The van der Waals surface area contributed by atoms with Gasteiger partial charge < -0.3 is 14.3 Å². The molecule has 0 saturated carbocycles. The summed E-state index contributed by atoms with van der Waals surface area (Å²) in [5.41, 5.74) is 0.721. The summed E-state index contributed by atoms with van der Waals surface area (Å²) < 4.78 is 10.2. The Hall–Kier alpha value is -2.20. The number of halogens is 1. The molecule has 0 amide bonds. The van der Waals surface area contributed by atoms with Gasteiger partial charge in [-0.2, -0.15) is 0 Å². The molecule has 0 aliphatic heterocycles. The number of carbonyl (C=O) groups is 1. The second-order valence-corrected chi connectivity index (χ2v) is 4.17. The Kier molecular flexibility index (Phi) is 3.92. The summed E-state index contributed by atoms with van der Waals surface area (Å²) in [7, 11) is 1.30. The first-order chi connectivity index (χ1) is 9.10. The van der Waals surface area contributed by atoms with E-state index in [1.807, 2.05) is 6.07 Å². The molecule has 2 rings (SSSR count). The second kappa shape index (κ2) is 5.63. The number of ether oxygens (including phenoxy) is 1. The highest BCUT2D eigenvalue weighted by Gasteiger charge is 2.04. The molecule has 0 aliphatic rings. The number of hydrogen-bond acceptors (Lipinski definition) is 3. The van der Waals surface area contributed by atoms with E-state index >= 15 is 0 Å². The van der Waals surface area contributed by atoms with Crippen LogP contribution >= 0.6 is 11.6 Å². The van der Waals surface area contributed by atoms with Gasteiger partial charge in [0.1, 0.15) is 11.3 Å². The van der Waals surface area contributed by atoms with Crippen molar-refractivity contribution in [3.8, 4) is 0 Å². The van der Waals surface area contributed by atoms with Crippen molar-refractivity contribution in [3.05, 3.63) is 53.0 Å². The summed E-state index contributed by atoms with van der Waals surface area (Å²) in [4.78, 5) is 10.7. The molecule has 1 aromatic carbocycles. The Morgan fingerprint density at radius 1 is 1.42 bits per heavy atom. The Balaban J connectivity index is 2.24. The van der Waals surface area contributed by atoms with Crippen LogP contribution in [0.1, 0.15) is 5.76 Å². The summed E-state index contributed by atoms with van der Waals surface area (Å²) >= 11 is 5.88. The minimum absolute atomic E-state index is 0.143. The molecular formula is C14H11ClO4. The average Bonchev–Trinajstić information content (AvgIpc) is 2.75. The molecule has 0 unspecified atom stereocenters. The van der Waals surface area contributed by atoms with Gasteiger partial charge in [0.2, 0.25) is 5.76 Å². The standard InChI is InChI=1S/C14H11ClO4/c1-18-13(14(16)17)4-2-3-11-8-9-7-10(15)5-6-12(9)19-11/h2-8H,1H3,(H,16,17)/b3-2+,13-4+. The topological polar surface area (TPSA) is 59.7 Å². The average molecular weight is 279 g/mol. The summed E-state index contributed by atoms with van der Waals surface area (Å²) in [6.07, 6.45) is 4.55. The van der Waals surface area contributed by atoms with Crippen molar-refractivity contribution >= 4 is 34.6 Å². The van der Waals surface area contributed by atoms with Gasteiger partial charge >= 0.3 is 5.97 Å². The van der Waals surface area contributed by atoms with E-state index in [1.165, 1.54) is 13.2 Å². The fourth-order valence-electron chi connectivity index (χ4n) is 1.57. The number of methoxy groups -OCH3 is 1. The minimum Gasteiger partial charge on any atom is -0.490 e. The minimum atomic E-state index is -1.12. The third-order valence-electron chi connectivity index (χ3n) is 2.44. The SMILES string of the molecule is CO/C(=C/C=C/c1cc2cc(Cl)ccc2o1)C(=O)O. The molecule has 98 valence electrons. The third-order valence-corrected chi connectivity index (χ3v) is 2.67. The normalized spacial score (nSPS) is 12.2. The largest absolute Gasteiger partial charge is 0.490 e. The Morgan fingerprint density at radius 2 is 2.21 bits per heavy atom. The van der Waals surface area contributed by atoms with Gasteiger partial charge in [-0.15, -0.1) is 0 Å². The van der Waals surface area contributed by atoms with Crippen LogP contribution in [0.15, 0.2) is 46.6 Å². The molecule has 0 fully saturated rings. The van der Waals surface area contributed by atoms with E-state index in [-0.39, 0.29) is 5.76 Å². The van der Waals surface area contributed by atoms with Crippen LogP contribution in [0.5, 0.6) is 0 Å². The molecule has 0 spiro atoms. The lowest BCUT2D eigenvalue weighted by Gasteiger charge is -1.96. The van der Waals surface area contributed by atoms with Gasteiger partial charge in [-0.05, 0) is 36.4 Å². The number of benzene rings is 1. The van der Waals surface area contributed by atoms with Gasteiger partial charge in [-0.3, -0.25) is 0 Å². The van der Waals surface area contributed by atoms with E-state index in [2.05, 4.69) is 4.74 Å². The van der Waals surface area contributed by atoms with E-state index in [0.717, 1.165) is 11.0 Å². The zero-order chi connectivity index (χ0) is 13.8. The summed E-state index contributed by atoms with van der Waals surface area (Å²) in [5.74, 6) is -0.659. The quantitative estimate of drug-likeness (QED) is 0.526. The molecule has 0 bridgehead atoms. The summed E-state index contributed by atoms with van der Waals surface area (Å²) in [6, 6.07) is 7.14. The number of aliphatic carboxylic acids is 1. The molecular weight excluding hydrogens is 268 g/mol. The number of carboxylic acid groups (broad SMARTS) is 1. The van der Waals surface area contributed by atoms with Crippen molar-refractivity contribution in [3.63, 3.8) is 0 Å². The van der Waals surface area contributed by atoms with E-state index in [1.54, 1.807) is 30.4 Å². The summed E-state index contributed by atoms with van der Waals surface area (Å²) in [6.45, 7) is 0. The molecule has 4 nitrogen and oxygen atoms in total. The molecule has 5 heteroatoms. The monoisotopic (exact) mass is 278 g/mol. The van der Waals surface area contributed by atoms with Crippen molar-refractivity contribution in [2.45, 2.75) is 0 Å². The highest BCUT2D eigenvalue weighted by Crippen LogP contribution is 2.23. The highest BCUT2D eigenvalue weighted by atomic mass is 35.5.